The Balaban J connectivity index is 1.32. The van der Waals surface area contributed by atoms with Crippen molar-refractivity contribution in [1.82, 2.24) is 14.5 Å². The lowest BCUT2D eigenvalue weighted by molar-refractivity contribution is -0.170. The second kappa shape index (κ2) is 7.72. The van der Waals surface area contributed by atoms with Gasteiger partial charge < -0.3 is 9.88 Å². The molecule has 1 N–H and O–H groups in total. The van der Waals surface area contributed by atoms with Gasteiger partial charge in [-0.15, -0.1) is 11.3 Å². The molecule has 1 saturated carbocycles. The number of fused-ring (bicyclic) bond motifs is 2. The number of aromatic nitrogens is 3. The van der Waals surface area contributed by atoms with Crippen molar-refractivity contribution in [2.45, 2.75) is 18.8 Å². The molecule has 7 rings (SSSR count). The van der Waals surface area contributed by atoms with Crippen molar-refractivity contribution in [1.29, 1.82) is 0 Å². The van der Waals surface area contributed by atoms with Gasteiger partial charge in [0.1, 0.15) is 4.70 Å². The Morgan fingerprint density at radius 2 is 1.81 bits per heavy atom. The second-order valence-electron chi connectivity index (χ2n) is 10.0. The van der Waals surface area contributed by atoms with E-state index in [9.17, 15) is 18.4 Å². The highest BCUT2D eigenvalue weighted by Gasteiger charge is 2.61. The highest BCUT2D eigenvalue weighted by Crippen LogP contribution is 2.57. The van der Waals surface area contributed by atoms with Gasteiger partial charge in [0.05, 0.1) is 17.4 Å². The van der Waals surface area contributed by atoms with Gasteiger partial charge in [-0.3, -0.25) is 9.78 Å². The fourth-order valence-corrected chi connectivity index (χ4v) is 7.12. The topological polar surface area (TPSA) is 71.0 Å². The van der Waals surface area contributed by atoms with E-state index in [1.807, 2.05) is 36.4 Å². The molecule has 6 nitrogen and oxygen atoms in total. The summed E-state index contributed by atoms with van der Waals surface area (Å²) in [4.78, 5) is 36.7. The first-order valence-corrected chi connectivity index (χ1v) is 13.0. The van der Waals surface area contributed by atoms with E-state index in [1.165, 1.54) is 17.5 Å². The predicted octanol–water partition coefficient (Wildman–Crippen LogP) is 5.84. The van der Waals surface area contributed by atoms with Gasteiger partial charge in [0.15, 0.2) is 0 Å². The van der Waals surface area contributed by atoms with E-state index in [-0.39, 0.29) is 18.3 Å². The number of thiophene rings is 1. The van der Waals surface area contributed by atoms with Crippen molar-refractivity contribution in [2.75, 3.05) is 18.0 Å². The molecule has 1 aliphatic heterocycles. The van der Waals surface area contributed by atoms with Gasteiger partial charge in [0, 0.05) is 69.5 Å². The van der Waals surface area contributed by atoms with E-state index in [1.54, 1.807) is 18.3 Å². The van der Waals surface area contributed by atoms with Gasteiger partial charge in [-0.25, -0.2) is 18.1 Å². The molecule has 0 unspecified atom stereocenters. The standard InChI is InChI=1S/C27H19ClF2N4O2S/c28-19-4-2-1-3-17(19)22-8-20-23(37-22)24(35)34(25(36)32-20)21-10-31-9-15-5-6-16(7-18(15)21)33-13-26(14-33)11-27(29,30)12-26/h1-10H,11-14H2,(H,32,36). The highest BCUT2D eigenvalue weighted by atomic mass is 35.5. The number of nitrogens with zero attached hydrogens (tertiary/aromatic N) is 3. The number of benzene rings is 2. The molecule has 1 spiro atoms. The quantitative estimate of drug-likeness (QED) is 0.314. The van der Waals surface area contributed by atoms with Crippen LogP contribution in [0.25, 0.3) is 37.1 Å². The van der Waals surface area contributed by atoms with Gasteiger partial charge >= 0.3 is 5.69 Å². The largest absolute Gasteiger partial charge is 0.370 e. The van der Waals surface area contributed by atoms with E-state index >= 15 is 0 Å². The van der Waals surface area contributed by atoms with Crippen molar-refractivity contribution >= 4 is 49.6 Å². The van der Waals surface area contributed by atoms with E-state index in [0.717, 1.165) is 26.1 Å². The summed E-state index contributed by atoms with van der Waals surface area (Å²) in [7, 11) is 0. The van der Waals surface area contributed by atoms with Crippen LogP contribution in [-0.4, -0.2) is 33.5 Å². The molecule has 1 saturated heterocycles. The molecule has 5 aromatic rings. The Hall–Kier alpha value is -3.56. The molecule has 186 valence electrons. The molecule has 3 aromatic heterocycles. The van der Waals surface area contributed by atoms with Crippen LogP contribution in [-0.2, 0) is 0 Å². The Labute approximate surface area is 217 Å². The zero-order valence-corrected chi connectivity index (χ0v) is 20.9. The van der Waals surface area contributed by atoms with Crippen LogP contribution in [0, 0.1) is 5.41 Å². The molecule has 2 aliphatic rings. The summed E-state index contributed by atoms with van der Waals surface area (Å²) in [5.74, 6) is -2.55. The number of pyridine rings is 1. The van der Waals surface area contributed by atoms with E-state index < -0.39 is 17.2 Å². The molecule has 37 heavy (non-hydrogen) atoms. The Morgan fingerprint density at radius 1 is 1.03 bits per heavy atom. The molecular formula is C27H19ClF2N4O2S. The average molecular weight is 537 g/mol. The first-order chi connectivity index (χ1) is 17.7. The van der Waals surface area contributed by atoms with Crippen LogP contribution in [0.5, 0.6) is 0 Å². The van der Waals surface area contributed by atoms with Gasteiger partial charge in [0.2, 0.25) is 5.92 Å². The van der Waals surface area contributed by atoms with Gasteiger partial charge in [-0.1, -0.05) is 35.9 Å². The van der Waals surface area contributed by atoms with Crippen molar-refractivity contribution in [2.24, 2.45) is 5.41 Å². The molecule has 0 radical (unpaired) electrons. The minimum absolute atomic E-state index is 0.0684. The molecule has 1 aliphatic carbocycles. The number of hydrogen-bond donors (Lipinski definition) is 1. The monoisotopic (exact) mass is 536 g/mol. The van der Waals surface area contributed by atoms with Crippen molar-refractivity contribution in [3.05, 3.63) is 86.8 Å². The van der Waals surface area contributed by atoms with E-state index in [4.69, 9.17) is 11.6 Å². The molecule has 0 bridgehead atoms. The van der Waals surface area contributed by atoms with Crippen molar-refractivity contribution in [3.63, 3.8) is 0 Å². The van der Waals surface area contributed by atoms with Crippen molar-refractivity contribution < 1.29 is 8.78 Å². The Bertz CT molecular complexity index is 1850. The minimum Gasteiger partial charge on any atom is -0.370 e. The maximum atomic E-state index is 13.6. The summed E-state index contributed by atoms with van der Waals surface area (Å²) in [6.07, 6.45) is 3.04. The number of halogens is 3. The molecule has 0 atom stereocenters. The molecule has 2 aromatic carbocycles. The number of anilines is 1. The van der Waals surface area contributed by atoms with E-state index in [0.29, 0.717) is 39.4 Å². The van der Waals surface area contributed by atoms with Crippen LogP contribution in [0.2, 0.25) is 5.02 Å². The van der Waals surface area contributed by atoms with Gasteiger partial charge in [-0.2, -0.15) is 0 Å². The fourth-order valence-electron chi connectivity index (χ4n) is 5.75. The zero-order valence-electron chi connectivity index (χ0n) is 19.3. The van der Waals surface area contributed by atoms with Gasteiger partial charge in [-0.05, 0) is 24.3 Å². The molecule has 4 heterocycles. The highest BCUT2D eigenvalue weighted by molar-refractivity contribution is 7.22. The maximum absolute atomic E-state index is 13.6. The number of nitrogens with one attached hydrogen (secondary N) is 1. The lowest BCUT2D eigenvalue weighted by Crippen LogP contribution is -2.66. The third-order valence-electron chi connectivity index (χ3n) is 7.36. The van der Waals surface area contributed by atoms with Crippen LogP contribution in [0.4, 0.5) is 14.5 Å². The van der Waals surface area contributed by atoms with Crippen LogP contribution < -0.4 is 16.1 Å². The summed E-state index contributed by atoms with van der Waals surface area (Å²) in [6, 6.07) is 14.8. The molecule has 2 fully saturated rings. The third-order valence-corrected chi connectivity index (χ3v) is 8.85. The lowest BCUT2D eigenvalue weighted by atomic mass is 9.61. The second-order valence-corrected chi connectivity index (χ2v) is 11.5. The van der Waals surface area contributed by atoms with Crippen LogP contribution >= 0.6 is 22.9 Å². The molecule has 0 amide bonds. The SMILES string of the molecule is O=c1[nH]c2cc(-c3ccccc3Cl)sc2c(=O)n1-c1cncc2ccc(N3CC4(C3)CC(F)(F)C4)cc12. The third kappa shape index (κ3) is 3.52. The van der Waals surface area contributed by atoms with Gasteiger partial charge in [0.25, 0.3) is 5.56 Å². The normalized spacial score (nSPS) is 17.8. The minimum atomic E-state index is -2.55. The Morgan fingerprint density at radius 3 is 2.57 bits per heavy atom. The maximum Gasteiger partial charge on any atom is 0.333 e. The summed E-state index contributed by atoms with van der Waals surface area (Å²) in [5, 5.41) is 2.00. The molecular weight excluding hydrogens is 518 g/mol. The fraction of sp³-hybridized carbons (Fsp3) is 0.222. The summed E-state index contributed by atoms with van der Waals surface area (Å²) in [6.45, 7) is 1.14. The lowest BCUT2D eigenvalue weighted by Gasteiger charge is -2.59. The predicted molar refractivity (Wildman–Crippen MR) is 143 cm³/mol. The first-order valence-electron chi connectivity index (χ1n) is 11.8. The zero-order chi connectivity index (χ0) is 25.5. The number of H-pyrrole nitrogens is 1. The average Bonchev–Trinajstić information content (AvgIpc) is 3.25. The number of alkyl halides is 2. The number of aromatic amines is 1. The smallest absolute Gasteiger partial charge is 0.333 e. The summed E-state index contributed by atoms with van der Waals surface area (Å²) >= 11 is 7.62. The molecule has 10 heteroatoms. The van der Waals surface area contributed by atoms with E-state index in [2.05, 4.69) is 14.9 Å². The van der Waals surface area contributed by atoms with Crippen LogP contribution in [0.1, 0.15) is 12.8 Å². The number of rotatable bonds is 3. The van der Waals surface area contributed by atoms with Crippen molar-refractivity contribution in [3.8, 4) is 16.1 Å². The summed E-state index contributed by atoms with van der Waals surface area (Å²) in [5.41, 5.74) is 1.14. The summed E-state index contributed by atoms with van der Waals surface area (Å²) < 4.78 is 28.4. The van der Waals surface area contributed by atoms with Crippen LogP contribution in [0.15, 0.2) is 70.5 Å². The number of hydrogen-bond acceptors (Lipinski definition) is 5. The first kappa shape index (κ1) is 22.6. The Kier molecular flexibility index (Phi) is 4.72. The van der Waals surface area contributed by atoms with Crippen LogP contribution in [0.3, 0.4) is 0 Å².